The lowest BCUT2D eigenvalue weighted by Gasteiger charge is -2.20. The molecule has 0 N–H and O–H groups in total. The molecule has 3 atom stereocenters. The van der Waals surface area contributed by atoms with E-state index in [-0.39, 0.29) is 23.2 Å². The molecule has 7 heteroatoms. The smallest absolute Gasteiger partial charge is 0.345 e. The SMILES string of the molecule is CCOP(=O)(OCC)C1C[C@H]([C@H](C)I)OC1=O. The molecule has 0 spiro atoms. The second-order valence-electron chi connectivity index (χ2n) is 3.78. The number of hydrogen-bond donors (Lipinski definition) is 0. The van der Waals surface area contributed by atoms with Crippen LogP contribution in [-0.4, -0.2) is 34.9 Å². The molecule has 1 saturated heterocycles. The van der Waals surface area contributed by atoms with E-state index in [1.807, 2.05) is 6.92 Å². The zero-order valence-electron chi connectivity index (χ0n) is 10.2. The van der Waals surface area contributed by atoms with Crippen LogP contribution in [0, 0.1) is 0 Å². The average Bonchev–Trinajstić information content (AvgIpc) is 2.62. The van der Waals surface area contributed by atoms with Crippen LogP contribution in [0.4, 0.5) is 0 Å². The Labute approximate surface area is 115 Å². The standard InChI is InChI=1S/C10H18IO5P/c1-4-14-17(13,15-5-2)9-6-8(7(3)11)16-10(9)12/h7-9H,4-6H2,1-3H3/t7-,8+,9?/m0/s1. The third kappa shape index (κ3) is 3.66. The molecule has 0 aromatic heterocycles. The summed E-state index contributed by atoms with van der Waals surface area (Å²) in [7, 11) is -3.38. The molecular weight excluding hydrogens is 358 g/mol. The van der Waals surface area contributed by atoms with Gasteiger partial charge in [-0.15, -0.1) is 0 Å². The maximum Gasteiger partial charge on any atom is 0.345 e. The highest BCUT2D eigenvalue weighted by Gasteiger charge is 2.49. The summed E-state index contributed by atoms with van der Waals surface area (Å²) in [6, 6.07) is 0. The van der Waals surface area contributed by atoms with E-state index in [0.29, 0.717) is 6.42 Å². The van der Waals surface area contributed by atoms with Gasteiger partial charge >= 0.3 is 13.6 Å². The first-order valence-electron chi connectivity index (χ1n) is 5.68. The third-order valence-corrected chi connectivity index (χ3v) is 5.73. The van der Waals surface area contributed by atoms with Gasteiger partial charge in [0.1, 0.15) is 6.10 Å². The summed E-state index contributed by atoms with van der Waals surface area (Å²) in [6.45, 7) is 5.92. The van der Waals surface area contributed by atoms with Crippen LogP contribution in [0.15, 0.2) is 0 Å². The van der Waals surface area contributed by atoms with Crippen molar-refractivity contribution in [2.45, 2.75) is 42.9 Å². The van der Waals surface area contributed by atoms with E-state index in [0.717, 1.165) is 0 Å². The van der Waals surface area contributed by atoms with Gasteiger partial charge < -0.3 is 13.8 Å². The summed E-state index contributed by atoms with van der Waals surface area (Å²) in [5.41, 5.74) is -0.774. The Hall–Kier alpha value is 0.350. The number of ether oxygens (including phenoxy) is 1. The molecule has 1 fully saturated rings. The predicted octanol–water partition coefficient (Wildman–Crippen LogP) is 2.76. The van der Waals surface area contributed by atoms with Crippen LogP contribution in [0.2, 0.25) is 0 Å². The number of rotatable bonds is 6. The molecule has 1 aliphatic rings. The molecule has 0 bridgehead atoms. The zero-order valence-corrected chi connectivity index (χ0v) is 13.3. The van der Waals surface area contributed by atoms with Crippen molar-refractivity contribution < 1.29 is 23.1 Å². The zero-order chi connectivity index (χ0) is 13.1. The van der Waals surface area contributed by atoms with Gasteiger partial charge in [0.05, 0.1) is 13.2 Å². The van der Waals surface area contributed by atoms with E-state index in [1.165, 1.54) is 0 Å². The topological polar surface area (TPSA) is 61.8 Å². The van der Waals surface area contributed by atoms with Gasteiger partial charge in [0, 0.05) is 10.3 Å². The second-order valence-corrected chi connectivity index (χ2v) is 7.96. The fraction of sp³-hybridized carbons (Fsp3) is 0.900. The van der Waals surface area contributed by atoms with E-state index < -0.39 is 19.2 Å². The molecule has 0 aromatic carbocycles. The maximum atomic E-state index is 12.4. The molecule has 100 valence electrons. The Morgan fingerprint density at radius 1 is 1.47 bits per heavy atom. The van der Waals surface area contributed by atoms with Crippen molar-refractivity contribution >= 4 is 36.2 Å². The summed E-state index contributed by atoms with van der Waals surface area (Å²) < 4.78 is 28.2. The summed E-state index contributed by atoms with van der Waals surface area (Å²) in [4.78, 5) is 11.7. The van der Waals surface area contributed by atoms with E-state index in [2.05, 4.69) is 22.6 Å². The first-order valence-corrected chi connectivity index (χ1v) is 8.53. The van der Waals surface area contributed by atoms with Gasteiger partial charge in [-0.1, -0.05) is 22.6 Å². The van der Waals surface area contributed by atoms with Gasteiger partial charge in [-0.25, -0.2) is 0 Å². The molecular formula is C10H18IO5P. The summed E-state index contributed by atoms with van der Waals surface area (Å²) in [5.74, 6) is -0.469. The quantitative estimate of drug-likeness (QED) is 0.309. The van der Waals surface area contributed by atoms with Crippen molar-refractivity contribution in [3.63, 3.8) is 0 Å². The van der Waals surface area contributed by atoms with Gasteiger partial charge in [0.2, 0.25) is 0 Å². The molecule has 0 saturated carbocycles. The van der Waals surface area contributed by atoms with Crippen LogP contribution in [0.25, 0.3) is 0 Å². The Kier molecular flexibility index (Phi) is 5.89. The number of cyclic esters (lactones) is 1. The first kappa shape index (κ1) is 15.4. The lowest BCUT2D eigenvalue weighted by molar-refractivity contribution is -0.141. The van der Waals surface area contributed by atoms with Crippen molar-refractivity contribution in [3.05, 3.63) is 0 Å². The number of alkyl halides is 1. The summed E-state index contributed by atoms with van der Waals surface area (Å²) in [6.07, 6.45) is 0.197. The van der Waals surface area contributed by atoms with Crippen molar-refractivity contribution in [3.8, 4) is 0 Å². The molecule has 1 rings (SSSR count). The fourth-order valence-corrected chi connectivity index (χ4v) is 4.09. The normalized spacial score (nSPS) is 26.9. The van der Waals surface area contributed by atoms with Gasteiger partial charge in [0.15, 0.2) is 5.66 Å². The number of carbonyl (C=O) groups is 1. The van der Waals surface area contributed by atoms with Crippen molar-refractivity contribution in [2.24, 2.45) is 0 Å². The minimum absolute atomic E-state index is 0.179. The van der Waals surface area contributed by atoms with E-state index >= 15 is 0 Å². The van der Waals surface area contributed by atoms with E-state index in [4.69, 9.17) is 13.8 Å². The molecule has 1 aliphatic heterocycles. The van der Waals surface area contributed by atoms with Crippen LogP contribution >= 0.6 is 30.2 Å². The Morgan fingerprint density at radius 3 is 2.35 bits per heavy atom. The number of esters is 1. The monoisotopic (exact) mass is 376 g/mol. The fourth-order valence-electron chi connectivity index (χ4n) is 1.71. The Bertz CT molecular complexity index is 310. The van der Waals surface area contributed by atoms with Crippen LogP contribution in [-0.2, 0) is 23.1 Å². The minimum Gasteiger partial charge on any atom is -0.461 e. The van der Waals surface area contributed by atoms with E-state index in [9.17, 15) is 9.36 Å². The maximum absolute atomic E-state index is 12.4. The van der Waals surface area contributed by atoms with Crippen molar-refractivity contribution in [2.75, 3.05) is 13.2 Å². The summed E-state index contributed by atoms with van der Waals surface area (Å²) in [5, 5.41) is 0. The lowest BCUT2D eigenvalue weighted by Crippen LogP contribution is -2.18. The Balaban J connectivity index is 2.82. The second kappa shape index (κ2) is 6.50. The highest BCUT2D eigenvalue weighted by Crippen LogP contribution is 2.57. The molecule has 0 aromatic rings. The molecule has 17 heavy (non-hydrogen) atoms. The minimum atomic E-state index is -3.38. The number of halogens is 1. The van der Waals surface area contributed by atoms with Crippen LogP contribution in [0.5, 0.6) is 0 Å². The molecule has 1 heterocycles. The highest BCUT2D eigenvalue weighted by molar-refractivity contribution is 14.1. The largest absolute Gasteiger partial charge is 0.461 e. The van der Waals surface area contributed by atoms with Gasteiger partial charge in [-0.2, -0.15) is 0 Å². The molecule has 5 nitrogen and oxygen atoms in total. The van der Waals surface area contributed by atoms with Crippen LogP contribution < -0.4 is 0 Å². The van der Waals surface area contributed by atoms with Gasteiger partial charge in [-0.3, -0.25) is 9.36 Å². The number of carbonyl (C=O) groups excluding carboxylic acids is 1. The average molecular weight is 376 g/mol. The summed E-state index contributed by atoms with van der Waals surface area (Å²) >= 11 is 2.19. The predicted molar refractivity (Wildman–Crippen MR) is 72.6 cm³/mol. The highest BCUT2D eigenvalue weighted by atomic mass is 127. The Morgan fingerprint density at radius 2 is 2.00 bits per heavy atom. The molecule has 0 aliphatic carbocycles. The third-order valence-electron chi connectivity index (χ3n) is 2.51. The van der Waals surface area contributed by atoms with E-state index in [1.54, 1.807) is 13.8 Å². The number of hydrogen-bond acceptors (Lipinski definition) is 5. The van der Waals surface area contributed by atoms with Gasteiger partial charge in [0.25, 0.3) is 0 Å². The van der Waals surface area contributed by atoms with Crippen LogP contribution in [0.3, 0.4) is 0 Å². The lowest BCUT2D eigenvalue weighted by atomic mass is 10.2. The van der Waals surface area contributed by atoms with Crippen molar-refractivity contribution in [1.82, 2.24) is 0 Å². The first-order chi connectivity index (χ1) is 7.94. The molecule has 0 radical (unpaired) electrons. The van der Waals surface area contributed by atoms with Crippen LogP contribution in [0.1, 0.15) is 27.2 Å². The van der Waals surface area contributed by atoms with Gasteiger partial charge in [-0.05, 0) is 20.8 Å². The molecule has 0 amide bonds. The van der Waals surface area contributed by atoms with Crippen molar-refractivity contribution in [1.29, 1.82) is 0 Å². The molecule has 1 unspecified atom stereocenters.